The highest BCUT2D eigenvalue weighted by molar-refractivity contribution is 5.33. The van der Waals surface area contributed by atoms with E-state index in [9.17, 15) is 0 Å². The van der Waals surface area contributed by atoms with Crippen molar-refractivity contribution in [1.29, 1.82) is 0 Å². The smallest absolute Gasteiger partial charge is 0.122 e. The Labute approximate surface area is 105 Å². The van der Waals surface area contributed by atoms with Gasteiger partial charge >= 0.3 is 0 Å². The van der Waals surface area contributed by atoms with E-state index < -0.39 is 0 Å². The van der Waals surface area contributed by atoms with Crippen LogP contribution in [0.15, 0.2) is 24.3 Å². The Morgan fingerprint density at radius 1 is 1.18 bits per heavy atom. The fourth-order valence-electron chi connectivity index (χ4n) is 1.61. The van der Waals surface area contributed by atoms with Gasteiger partial charge in [0.05, 0.1) is 0 Å². The minimum atomic E-state index is 0.202. The molecule has 0 aliphatic carbocycles. The van der Waals surface area contributed by atoms with Crippen LogP contribution in [-0.2, 0) is 6.42 Å². The first-order valence-electron chi connectivity index (χ1n) is 6.55. The lowest BCUT2D eigenvalue weighted by atomic mass is 10.0. The van der Waals surface area contributed by atoms with Gasteiger partial charge in [-0.2, -0.15) is 0 Å². The van der Waals surface area contributed by atoms with Crippen molar-refractivity contribution in [2.24, 2.45) is 0 Å². The number of rotatable bonds is 7. The second-order valence-corrected chi connectivity index (χ2v) is 4.97. The number of hydrogen-bond donors (Lipinski definition) is 1. The summed E-state index contributed by atoms with van der Waals surface area (Å²) in [6.45, 7) is 10.4. The highest BCUT2D eigenvalue weighted by Crippen LogP contribution is 2.18. The second-order valence-electron chi connectivity index (χ2n) is 4.97. The first kappa shape index (κ1) is 14.0. The van der Waals surface area contributed by atoms with Gasteiger partial charge in [-0.15, -0.1) is 0 Å². The van der Waals surface area contributed by atoms with E-state index >= 15 is 0 Å². The largest absolute Gasteiger partial charge is 0.492 e. The SMILES string of the molecule is CCc1ccccc1OCCNC(C)(C)CC. The summed E-state index contributed by atoms with van der Waals surface area (Å²) in [7, 11) is 0. The number of para-hydroxylation sites is 1. The predicted molar refractivity (Wildman–Crippen MR) is 73.7 cm³/mol. The highest BCUT2D eigenvalue weighted by atomic mass is 16.5. The van der Waals surface area contributed by atoms with Gasteiger partial charge in [0.15, 0.2) is 0 Å². The van der Waals surface area contributed by atoms with Crippen molar-refractivity contribution in [2.45, 2.75) is 46.1 Å². The molecular formula is C15H25NO. The highest BCUT2D eigenvalue weighted by Gasteiger charge is 2.12. The van der Waals surface area contributed by atoms with Crippen molar-refractivity contribution >= 4 is 0 Å². The fourth-order valence-corrected chi connectivity index (χ4v) is 1.61. The molecule has 17 heavy (non-hydrogen) atoms. The van der Waals surface area contributed by atoms with E-state index in [0.717, 1.165) is 31.7 Å². The molecule has 0 bridgehead atoms. The van der Waals surface area contributed by atoms with Crippen LogP contribution in [-0.4, -0.2) is 18.7 Å². The summed E-state index contributed by atoms with van der Waals surface area (Å²) in [5.74, 6) is 1.02. The predicted octanol–water partition coefficient (Wildman–Crippen LogP) is 3.41. The molecule has 0 saturated heterocycles. The lowest BCUT2D eigenvalue weighted by molar-refractivity contribution is 0.279. The third kappa shape index (κ3) is 4.78. The Kier molecular flexibility index (Phi) is 5.49. The van der Waals surface area contributed by atoms with Gasteiger partial charge in [0, 0.05) is 12.1 Å². The van der Waals surface area contributed by atoms with Gasteiger partial charge in [0.1, 0.15) is 12.4 Å². The van der Waals surface area contributed by atoms with Gasteiger partial charge in [0.25, 0.3) is 0 Å². The first-order chi connectivity index (χ1) is 8.09. The van der Waals surface area contributed by atoms with Crippen LogP contribution in [0.4, 0.5) is 0 Å². The lowest BCUT2D eigenvalue weighted by Gasteiger charge is -2.24. The van der Waals surface area contributed by atoms with Crippen LogP contribution in [0.5, 0.6) is 5.75 Å². The molecule has 0 aliphatic heterocycles. The maximum atomic E-state index is 5.81. The normalized spacial score (nSPS) is 11.5. The van der Waals surface area contributed by atoms with E-state index in [1.807, 2.05) is 12.1 Å². The summed E-state index contributed by atoms with van der Waals surface area (Å²) in [6.07, 6.45) is 2.14. The van der Waals surface area contributed by atoms with Crippen LogP contribution in [0.25, 0.3) is 0 Å². The van der Waals surface area contributed by atoms with Crippen LogP contribution < -0.4 is 10.1 Å². The minimum absolute atomic E-state index is 0.202. The molecule has 1 N–H and O–H groups in total. The van der Waals surface area contributed by atoms with Crippen molar-refractivity contribution in [2.75, 3.05) is 13.2 Å². The summed E-state index contributed by atoms with van der Waals surface area (Å²) < 4.78 is 5.81. The molecule has 0 aromatic heterocycles. The van der Waals surface area contributed by atoms with Crippen molar-refractivity contribution in [3.8, 4) is 5.75 Å². The van der Waals surface area contributed by atoms with Crippen molar-refractivity contribution in [3.63, 3.8) is 0 Å². The molecule has 0 heterocycles. The quantitative estimate of drug-likeness (QED) is 0.731. The summed E-state index contributed by atoms with van der Waals surface area (Å²) in [6, 6.07) is 8.25. The molecular weight excluding hydrogens is 210 g/mol. The Morgan fingerprint density at radius 2 is 1.88 bits per heavy atom. The van der Waals surface area contributed by atoms with Crippen LogP contribution in [0.3, 0.4) is 0 Å². The molecule has 2 heteroatoms. The number of nitrogens with one attached hydrogen (secondary N) is 1. The minimum Gasteiger partial charge on any atom is -0.492 e. The Bertz CT molecular complexity index is 333. The molecule has 1 aromatic carbocycles. The average molecular weight is 235 g/mol. The molecule has 96 valence electrons. The van der Waals surface area contributed by atoms with Crippen LogP contribution in [0.2, 0.25) is 0 Å². The monoisotopic (exact) mass is 235 g/mol. The molecule has 0 amide bonds. The van der Waals surface area contributed by atoms with Crippen LogP contribution in [0, 0.1) is 0 Å². The van der Waals surface area contributed by atoms with E-state index in [1.54, 1.807) is 0 Å². The van der Waals surface area contributed by atoms with Crippen molar-refractivity contribution < 1.29 is 4.74 Å². The molecule has 0 aliphatic rings. The Balaban J connectivity index is 2.36. The molecule has 0 spiro atoms. The van der Waals surface area contributed by atoms with Gasteiger partial charge in [-0.05, 0) is 38.3 Å². The topological polar surface area (TPSA) is 21.3 Å². The van der Waals surface area contributed by atoms with Crippen LogP contribution >= 0.6 is 0 Å². The number of aryl methyl sites for hydroxylation is 1. The molecule has 0 unspecified atom stereocenters. The van der Waals surface area contributed by atoms with Gasteiger partial charge in [-0.1, -0.05) is 32.0 Å². The zero-order chi connectivity index (χ0) is 12.7. The summed E-state index contributed by atoms with van der Waals surface area (Å²) >= 11 is 0. The number of benzene rings is 1. The number of ether oxygens (including phenoxy) is 1. The van der Waals surface area contributed by atoms with E-state index in [0.29, 0.717) is 0 Å². The zero-order valence-corrected chi connectivity index (χ0v) is 11.5. The van der Waals surface area contributed by atoms with Gasteiger partial charge in [-0.25, -0.2) is 0 Å². The molecule has 1 aromatic rings. The maximum absolute atomic E-state index is 5.81. The second kappa shape index (κ2) is 6.65. The maximum Gasteiger partial charge on any atom is 0.122 e. The summed E-state index contributed by atoms with van der Waals surface area (Å²) in [4.78, 5) is 0. The first-order valence-corrected chi connectivity index (χ1v) is 6.55. The Morgan fingerprint density at radius 3 is 2.53 bits per heavy atom. The summed E-state index contributed by atoms with van der Waals surface area (Å²) in [5.41, 5.74) is 1.48. The lowest BCUT2D eigenvalue weighted by Crippen LogP contribution is -2.40. The third-order valence-electron chi connectivity index (χ3n) is 3.20. The third-order valence-corrected chi connectivity index (χ3v) is 3.20. The van der Waals surface area contributed by atoms with E-state index in [-0.39, 0.29) is 5.54 Å². The van der Waals surface area contributed by atoms with E-state index in [2.05, 4.69) is 45.1 Å². The van der Waals surface area contributed by atoms with E-state index in [1.165, 1.54) is 5.56 Å². The number of hydrogen-bond acceptors (Lipinski definition) is 2. The van der Waals surface area contributed by atoms with E-state index in [4.69, 9.17) is 4.74 Å². The average Bonchev–Trinajstić information content (AvgIpc) is 2.35. The molecule has 0 radical (unpaired) electrons. The van der Waals surface area contributed by atoms with Crippen molar-refractivity contribution in [1.82, 2.24) is 5.32 Å². The molecule has 0 atom stereocenters. The molecule has 0 fully saturated rings. The summed E-state index contributed by atoms with van der Waals surface area (Å²) in [5, 5.41) is 3.49. The molecule has 1 rings (SSSR count). The molecule has 2 nitrogen and oxygen atoms in total. The standard InChI is InChI=1S/C15H25NO/c1-5-13-9-7-8-10-14(13)17-12-11-16-15(3,4)6-2/h7-10,16H,5-6,11-12H2,1-4H3. The zero-order valence-electron chi connectivity index (χ0n) is 11.5. The van der Waals surface area contributed by atoms with Gasteiger partial charge in [-0.3, -0.25) is 0 Å². The Hall–Kier alpha value is -1.02. The van der Waals surface area contributed by atoms with Gasteiger partial charge in [0.2, 0.25) is 0 Å². The van der Waals surface area contributed by atoms with Crippen LogP contribution in [0.1, 0.15) is 39.7 Å². The molecule has 0 saturated carbocycles. The van der Waals surface area contributed by atoms with Crippen molar-refractivity contribution in [3.05, 3.63) is 29.8 Å². The fraction of sp³-hybridized carbons (Fsp3) is 0.600. The van der Waals surface area contributed by atoms with Gasteiger partial charge < -0.3 is 10.1 Å².